The molecule has 0 spiro atoms. The monoisotopic (exact) mass is 329 g/mol. The number of carbonyl (C=O) groups excluding carboxylic acids is 2. The highest BCUT2D eigenvalue weighted by atomic mass is 32.1. The molecule has 7 heteroatoms. The number of thiazole rings is 1. The lowest BCUT2D eigenvalue weighted by Crippen LogP contribution is -2.53. The third kappa shape index (κ3) is 2.56. The number of rotatable bonds is 3. The fourth-order valence-corrected chi connectivity index (χ4v) is 3.23. The number of fused-ring (bicyclic) bond motifs is 1. The molecule has 110 valence electrons. The zero-order valence-electron chi connectivity index (χ0n) is 11.4. The van der Waals surface area contributed by atoms with Gasteiger partial charge in [0.2, 0.25) is 0 Å². The molecule has 0 atom stereocenters. The third-order valence-corrected chi connectivity index (χ3v) is 4.38. The molecule has 1 N–H and O–H groups in total. The Hall–Kier alpha value is -2.38. The third-order valence-electron chi connectivity index (χ3n) is 3.08. The van der Waals surface area contributed by atoms with Gasteiger partial charge in [0, 0.05) is 6.54 Å². The number of aromatic nitrogens is 1. The largest absolute Gasteiger partial charge is 0.298 e. The average molecular weight is 329 g/mol. The molecular formula is C15H11N3O2S2. The van der Waals surface area contributed by atoms with Crippen molar-refractivity contribution in [2.75, 3.05) is 6.54 Å². The van der Waals surface area contributed by atoms with E-state index in [1.165, 1.54) is 22.3 Å². The van der Waals surface area contributed by atoms with Crippen LogP contribution in [-0.2, 0) is 9.59 Å². The number of amides is 2. The maximum atomic E-state index is 12.4. The molecule has 0 aliphatic carbocycles. The fourth-order valence-electron chi connectivity index (χ4n) is 2.06. The molecule has 1 aromatic heterocycles. The minimum atomic E-state index is -0.505. The van der Waals surface area contributed by atoms with Crippen molar-refractivity contribution >= 4 is 56.8 Å². The smallest absolute Gasteiger partial charge is 0.266 e. The zero-order chi connectivity index (χ0) is 15.7. The highest BCUT2D eigenvalue weighted by Crippen LogP contribution is 2.24. The van der Waals surface area contributed by atoms with Crippen molar-refractivity contribution in [3.8, 4) is 0 Å². The molecule has 0 saturated carbocycles. The van der Waals surface area contributed by atoms with Crippen LogP contribution in [0.1, 0.15) is 5.01 Å². The highest BCUT2D eigenvalue weighted by Gasteiger charge is 2.32. The average Bonchev–Trinajstić information content (AvgIpc) is 2.90. The van der Waals surface area contributed by atoms with Gasteiger partial charge in [0.05, 0.1) is 10.2 Å². The molecule has 1 saturated heterocycles. The molecule has 2 aromatic rings. The van der Waals surface area contributed by atoms with Crippen molar-refractivity contribution in [1.29, 1.82) is 0 Å². The molecule has 1 aromatic carbocycles. The Labute approximate surface area is 135 Å². The standard InChI is InChI=1S/C15H11N3O2S2/c1-2-7-18-14(20)9(13(19)17-15(18)21)8-12-16-10-5-3-4-6-11(10)22-12/h2-6,8H,1,7H2,(H,17,19,21)/b9-8+. The van der Waals surface area contributed by atoms with Gasteiger partial charge in [-0.1, -0.05) is 18.2 Å². The molecular weight excluding hydrogens is 318 g/mol. The van der Waals surface area contributed by atoms with E-state index >= 15 is 0 Å². The molecule has 0 radical (unpaired) electrons. The van der Waals surface area contributed by atoms with E-state index in [1.54, 1.807) is 6.08 Å². The number of nitrogens with one attached hydrogen (secondary N) is 1. The van der Waals surface area contributed by atoms with Crippen LogP contribution in [0.5, 0.6) is 0 Å². The van der Waals surface area contributed by atoms with E-state index in [2.05, 4.69) is 16.9 Å². The van der Waals surface area contributed by atoms with Crippen LogP contribution in [-0.4, -0.2) is 33.4 Å². The minimum Gasteiger partial charge on any atom is -0.298 e. The van der Waals surface area contributed by atoms with Crippen molar-refractivity contribution in [1.82, 2.24) is 15.2 Å². The molecule has 2 heterocycles. The van der Waals surface area contributed by atoms with Crippen LogP contribution < -0.4 is 5.32 Å². The summed E-state index contributed by atoms with van der Waals surface area (Å²) in [6.07, 6.45) is 3.05. The summed E-state index contributed by atoms with van der Waals surface area (Å²) in [5.74, 6) is -0.942. The molecule has 0 unspecified atom stereocenters. The van der Waals surface area contributed by atoms with E-state index in [0.717, 1.165) is 10.2 Å². The van der Waals surface area contributed by atoms with Crippen LogP contribution in [0.25, 0.3) is 16.3 Å². The summed E-state index contributed by atoms with van der Waals surface area (Å²) in [5, 5.41) is 3.20. The predicted octanol–water partition coefficient (Wildman–Crippen LogP) is 2.11. The number of hydrogen-bond donors (Lipinski definition) is 1. The normalized spacial score (nSPS) is 17.2. The summed E-state index contributed by atoms with van der Waals surface area (Å²) in [6, 6.07) is 7.63. The SMILES string of the molecule is C=CCN1C(=O)/C(=C/c2nc3ccccc3s2)C(=O)NC1=S. The molecule has 1 aliphatic heterocycles. The van der Waals surface area contributed by atoms with Crippen molar-refractivity contribution in [2.45, 2.75) is 0 Å². The Kier molecular flexibility index (Phi) is 3.82. The van der Waals surface area contributed by atoms with Crippen LogP contribution in [0.4, 0.5) is 0 Å². The second kappa shape index (κ2) is 5.78. The van der Waals surface area contributed by atoms with Crippen molar-refractivity contribution in [3.63, 3.8) is 0 Å². The van der Waals surface area contributed by atoms with E-state index in [1.807, 2.05) is 24.3 Å². The first-order valence-corrected chi connectivity index (χ1v) is 7.68. The number of thiocarbonyl (C=S) groups is 1. The number of hydrogen-bond acceptors (Lipinski definition) is 5. The van der Waals surface area contributed by atoms with Gasteiger partial charge in [0.15, 0.2) is 5.11 Å². The Morgan fingerprint density at radius 1 is 1.36 bits per heavy atom. The van der Waals surface area contributed by atoms with E-state index < -0.39 is 11.8 Å². The molecule has 2 amide bonds. The lowest BCUT2D eigenvalue weighted by atomic mass is 10.1. The molecule has 1 fully saturated rings. The van der Waals surface area contributed by atoms with Gasteiger partial charge >= 0.3 is 0 Å². The Morgan fingerprint density at radius 2 is 2.14 bits per heavy atom. The summed E-state index contributed by atoms with van der Waals surface area (Å²) in [7, 11) is 0. The fraction of sp³-hybridized carbons (Fsp3) is 0.0667. The number of nitrogens with zero attached hydrogens (tertiary/aromatic N) is 2. The quantitative estimate of drug-likeness (QED) is 0.405. The summed E-state index contributed by atoms with van der Waals surface area (Å²) >= 11 is 6.42. The maximum Gasteiger partial charge on any atom is 0.266 e. The van der Waals surface area contributed by atoms with Gasteiger partial charge in [0.25, 0.3) is 11.8 Å². The first-order chi connectivity index (χ1) is 10.6. The Bertz CT molecular complexity index is 805. The van der Waals surface area contributed by atoms with Gasteiger partial charge in [-0.25, -0.2) is 4.98 Å². The van der Waals surface area contributed by atoms with Gasteiger partial charge in [-0.15, -0.1) is 17.9 Å². The van der Waals surface area contributed by atoms with Gasteiger partial charge in [0.1, 0.15) is 10.6 Å². The van der Waals surface area contributed by atoms with Crippen molar-refractivity contribution < 1.29 is 9.59 Å². The molecule has 1 aliphatic rings. The lowest BCUT2D eigenvalue weighted by molar-refractivity contribution is -0.128. The number of benzene rings is 1. The lowest BCUT2D eigenvalue weighted by Gasteiger charge is -2.27. The Balaban J connectivity index is 2.00. The predicted molar refractivity (Wildman–Crippen MR) is 90.2 cm³/mol. The van der Waals surface area contributed by atoms with Crippen LogP contribution >= 0.6 is 23.6 Å². The van der Waals surface area contributed by atoms with Crippen LogP contribution in [0.15, 0.2) is 42.5 Å². The second-order valence-corrected chi connectivity index (χ2v) is 5.99. The van der Waals surface area contributed by atoms with E-state index in [-0.39, 0.29) is 17.2 Å². The van der Waals surface area contributed by atoms with Crippen LogP contribution in [0.2, 0.25) is 0 Å². The van der Waals surface area contributed by atoms with Crippen molar-refractivity contribution in [2.24, 2.45) is 0 Å². The number of para-hydroxylation sites is 1. The van der Waals surface area contributed by atoms with E-state index in [0.29, 0.717) is 5.01 Å². The Morgan fingerprint density at radius 3 is 2.86 bits per heavy atom. The maximum absolute atomic E-state index is 12.4. The van der Waals surface area contributed by atoms with Gasteiger partial charge < -0.3 is 0 Å². The van der Waals surface area contributed by atoms with Gasteiger partial charge in [-0.05, 0) is 30.4 Å². The van der Waals surface area contributed by atoms with Crippen LogP contribution in [0, 0.1) is 0 Å². The molecule has 22 heavy (non-hydrogen) atoms. The van der Waals surface area contributed by atoms with Crippen molar-refractivity contribution in [3.05, 3.63) is 47.5 Å². The van der Waals surface area contributed by atoms with Gasteiger partial charge in [-0.2, -0.15) is 0 Å². The summed E-state index contributed by atoms with van der Waals surface area (Å²) in [5.41, 5.74) is 0.857. The minimum absolute atomic E-state index is 0.0227. The first-order valence-electron chi connectivity index (χ1n) is 6.45. The summed E-state index contributed by atoms with van der Waals surface area (Å²) in [4.78, 5) is 30.1. The zero-order valence-corrected chi connectivity index (χ0v) is 13.0. The van der Waals surface area contributed by atoms with E-state index in [4.69, 9.17) is 12.2 Å². The summed E-state index contributed by atoms with van der Waals surface area (Å²) < 4.78 is 0.997. The second-order valence-electron chi connectivity index (χ2n) is 4.54. The van der Waals surface area contributed by atoms with Gasteiger partial charge in [-0.3, -0.25) is 19.8 Å². The molecule has 3 rings (SSSR count). The first kappa shape index (κ1) is 14.6. The number of carbonyl (C=O) groups is 2. The van der Waals surface area contributed by atoms with E-state index in [9.17, 15) is 9.59 Å². The van der Waals surface area contributed by atoms with Crippen LogP contribution in [0.3, 0.4) is 0 Å². The topological polar surface area (TPSA) is 62.3 Å². The molecule has 0 bridgehead atoms. The summed E-state index contributed by atoms with van der Waals surface area (Å²) in [6.45, 7) is 3.83. The molecule has 5 nitrogen and oxygen atoms in total. The highest BCUT2D eigenvalue weighted by molar-refractivity contribution is 7.80.